The highest BCUT2D eigenvalue weighted by Gasteiger charge is 2.34. The maximum atomic E-state index is 14.2. The predicted octanol–water partition coefficient (Wildman–Crippen LogP) is 6.79. The third-order valence-corrected chi connectivity index (χ3v) is 9.37. The molecule has 1 atom stereocenters. The molecule has 0 aliphatic rings. The molecule has 3 rings (SSSR count). The van der Waals surface area contributed by atoms with Crippen LogP contribution < -0.4 is 9.62 Å². The van der Waals surface area contributed by atoms with Crippen molar-refractivity contribution in [1.29, 1.82) is 0 Å². The molecule has 1 N–H and O–H groups in total. The van der Waals surface area contributed by atoms with Crippen LogP contribution in [0.1, 0.15) is 43.4 Å². The van der Waals surface area contributed by atoms with Crippen molar-refractivity contribution < 1.29 is 18.0 Å². The molecule has 0 saturated heterocycles. The molecule has 3 aromatic carbocycles. The molecular weight excluding hydrogens is 605 g/mol. The largest absolute Gasteiger partial charge is 0.354 e. The second-order valence-corrected chi connectivity index (χ2v) is 12.8. The Labute approximate surface area is 257 Å². The number of amides is 2. The summed E-state index contributed by atoms with van der Waals surface area (Å²) in [5, 5.41) is 3.82. The van der Waals surface area contributed by atoms with Gasteiger partial charge in [0, 0.05) is 33.7 Å². The fourth-order valence-corrected chi connectivity index (χ4v) is 6.50. The van der Waals surface area contributed by atoms with Gasteiger partial charge >= 0.3 is 0 Å². The number of hydrogen-bond acceptors (Lipinski definition) is 4. The van der Waals surface area contributed by atoms with E-state index in [0.29, 0.717) is 39.2 Å². The Kier molecular flexibility index (Phi) is 11.5. The van der Waals surface area contributed by atoms with E-state index in [0.717, 1.165) is 9.87 Å². The molecule has 0 radical (unpaired) electrons. The predicted molar refractivity (Wildman–Crippen MR) is 166 cm³/mol. The first-order valence-electron chi connectivity index (χ1n) is 13.3. The summed E-state index contributed by atoms with van der Waals surface area (Å²) < 4.78 is 29.1. The molecule has 0 aliphatic carbocycles. The number of anilines is 1. The van der Waals surface area contributed by atoms with Crippen LogP contribution >= 0.6 is 34.8 Å². The molecular formula is C30H34Cl3N3O4S. The average Bonchev–Trinajstić information content (AvgIpc) is 2.93. The smallest absolute Gasteiger partial charge is 0.264 e. The SMILES string of the molecule is CCCNC(=O)C(CC)N(Cc1c(Cl)cccc1Cl)C(=O)CN(c1cc(Cl)ccc1C)S(=O)(=O)c1ccc(C)cc1. The van der Waals surface area contributed by atoms with Gasteiger partial charge in [0.25, 0.3) is 10.0 Å². The Hall–Kier alpha value is -2.78. The number of nitrogens with zero attached hydrogens (tertiary/aromatic N) is 2. The summed E-state index contributed by atoms with van der Waals surface area (Å²) in [5.41, 5.74) is 2.20. The molecule has 0 bridgehead atoms. The van der Waals surface area contributed by atoms with Crippen molar-refractivity contribution in [2.75, 3.05) is 17.4 Å². The minimum Gasteiger partial charge on any atom is -0.354 e. The summed E-state index contributed by atoms with van der Waals surface area (Å²) in [7, 11) is -4.22. The summed E-state index contributed by atoms with van der Waals surface area (Å²) in [4.78, 5) is 28.8. The zero-order chi connectivity index (χ0) is 30.3. The molecule has 0 aliphatic heterocycles. The number of hydrogen-bond donors (Lipinski definition) is 1. The van der Waals surface area contributed by atoms with E-state index in [2.05, 4.69) is 5.32 Å². The van der Waals surface area contributed by atoms with Crippen LogP contribution in [0.2, 0.25) is 15.1 Å². The van der Waals surface area contributed by atoms with Gasteiger partial charge in [-0.1, -0.05) is 78.5 Å². The van der Waals surface area contributed by atoms with Gasteiger partial charge in [0.2, 0.25) is 11.8 Å². The number of aryl methyl sites for hydroxylation is 2. The molecule has 0 saturated carbocycles. The van der Waals surface area contributed by atoms with Gasteiger partial charge in [-0.05, 0) is 68.7 Å². The first-order chi connectivity index (χ1) is 19.4. The van der Waals surface area contributed by atoms with Crippen molar-refractivity contribution in [3.63, 3.8) is 0 Å². The molecule has 7 nitrogen and oxygen atoms in total. The molecule has 2 amide bonds. The molecule has 11 heteroatoms. The maximum Gasteiger partial charge on any atom is 0.264 e. The third-order valence-electron chi connectivity index (χ3n) is 6.65. The summed E-state index contributed by atoms with van der Waals surface area (Å²) in [5.74, 6) is -0.952. The van der Waals surface area contributed by atoms with E-state index in [4.69, 9.17) is 34.8 Å². The normalized spacial score (nSPS) is 12.1. The van der Waals surface area contributed by atoms with Crippen molar-refractivity contribution in [3.8, 4) is 0 Å². The number of sulfonamides is 1. The maximum absolute atomic E-state index is 14.2. The second kappa shape index (κ2) is 14.4. The third kappa shape index (κ3) is 7.95. The Morgan fingerprint density at radius 1 is 0.927 bits per heavy atom. The molecule has 1 unspecified atom stereocenters. The molecule has 220 valence electrons. The van der Waals surface area contributed by atoms with Crippen LogP contribution in [0, 0.1) is 13.8 Å². The van der Waals surface area contributed by atoms with E-state index in [1.165, 1.54) is 23.1 Å². The number of benzene rings is 3. The fourth-order valence-electron chi connectivity index (χ4n) is 4.34. The van der Waals surface area contributed by atoms with E-state index in [1.807, 2.05) is 13.8 Å². The molecule has 0 fully saturated rings. The Bertz CT molecular complexity index is 1480. The standard InChI is InChI=1S/C30H34Cl3N3O4S/c1-5-16-34-30(38)27(6-2)35(18-24-25(32)8-7-9-26(24)33)29(37)19-36(28-17-22(31)13-12-21(28)4)41(39,40)23-14-10-20(3)11-15-23/h7-15,17,27H,5-6,16,18-19H2,1-4H3,(H,34,38). The minimum absolute atomic E-state index is 0.0173. The number of nitrogens with one attached hydrogen (secondary N) is 1. The van der Waals surface area contributed by atoms with E-state index in [-0.39, 0.29) is 29.5 Å². The van der Waals surface area contributed by atoms with E-state index >= 15 is 0 Å². The highest BCUT2D eigenvalue weighted by atomic mass is 35.5. The lowest BCUT2D eigenvalue weighted by atomic mass is 10.1. The Morgan fingerprint density at radius 3 is 2.15 bits per heavy atom. The van der Waals surface area contributed by atoms with Gasteiger partial charge in [-0.15, -0.1) is 0 Å². The van der Waals surface area contributed by atoms with Crippen LogP contribution in [-0.4, -0.2) is 44.3 Å². The number of carbonyl (C=O) groups excluding carboxylic acids is 2. The van der Waals surface area contributed by atoms with Gasteiger partial charge in [0.05, 0.1) is 10.6 Å². The van der Waals surface area contributed by atoms with Gasteiger partial charge in [-0.3, -0.25) is 13.9 Å². The van der Waals surface area contributed by atoms with Crippen molar-refractivity contribution in [2.24, 2.45) is 0 Å². The zero-order valence-electron chi connectivity index (χ0n) is 23.5. The van der Waals surface area contributed by atoms with Crippen LogP contribution in [0.25, 0.3) is 0 Å². The van der Waals surface area contributed by atoms with Gasteiger partial charge in [0.15, 0.2) is 0 Å². The van der Waals surface area contributed by atoms with Crippen LogP contribution in [0.5, 0.6) is 0 Å². The number of rotatable bonds is 12. The van der Waals surface area contributed by atoms with E-state index < -0.39 is 28.5 Å². The van der Waals surface area contributed by atoms with Gasteiger partial charge < -0.3 is 10.2 Å². The average molecular weight is 639 g/mol. The van der Waals surface area contributed by atoms with Gasteiger partial charge in [0.1, 0.15) is 12.6 Å². The lowest BCUT2D eigenvalue weighted by Gasteiger charge is -2.34. The first kappa shape index (κ1) is 32.7. The zero-order valence-corrected chi connectivity index (χ0v) is 26.5. The summed E-state index contributed by atoms with van der Waals surface area (Å²) in [6, 6.07) is 15.3. The van der Waals surface area contributed by atoms with Crippen molar-refractivity contribution in [1.82, 2.24) is 10.2 Å². The van der Waals surface area contributed by atoms with Crippen molar-refractivity contribution in [2.45, 2.75) is 58.0 Å². The van der Waals surface area contributed by atoms with Crippen molar-refractivity contribution in [3.05, 3.63) is 92.4 Å². The Morgan fingerprint density at radius 2 is 1.56 bits per heavy atom. The van der Waals surface area contributed by atoms with Crippen LogP contribution in [0.4, 0.5) is 5.69 Å². The second-order valence-electron chi connectivity index (χ2n) is 9.69. The molecule has 0 spiro atoms. The van der Waals surface area contributed by atoms with Crippen molar-refractivity contribution >= 4 is 62.3 Å². The van der Waals surface area contributed by atoms with Crippen LogP contribution in [-0.2, 0) is 26.2 Å². The number of halogens is 3. The number of carbonyl (C=O) groups is 2. The van der Waals surface area contributed by atoms with Crippen LogP contribution in [0.3, 0.4) is 0 Å². The highest BCUT2D eigenvalue weighted by Crippen LogP contribution is 2.31. The quantitative estimate of drug-likeness (QED) is 0.237. The molecule has 41 heavy (non-hydrogen) atoms. The molecule has 0 aromatic heterocycles. The lowest BCUT2D eigenvalue weighted by molar-refractivity contribution is -0.140. The topological polar surface area (TPSA) is 86.8 Å². The van der Waals surface area contributed by atoms with Gasteiger partial charge in [-0.25, -0.2) is 8.42 Å². The van der Waals surface area contributed by atoms with Gasteiger partial charge in [-0.2, -0.15) is 0 Å². The summed E-state index contributed by atoms with van der Waals surface area (Å²) >= 11 is 19.2. The molecule has 0 heterocycles. The minimum atomic E-state index is -4.22. The molecule has 3 aromatic rings. The lowest BCUT2D eigenvalue weighted by Crippen LogP contribution is -2.52. The van der Waals surface area contributed by atoms with E-state index in [1.54, 1.807) is 56.3 Å². The fraction of sp³-hybridized carbons (Fsp3) is 0.333. The summed E-state index contributed by atoms with van der Waals surface area (Å²) in [6.07, 6.45) is 0.993. The van der Waals surface area contributed by atoms with E-state index in [9.17, 15) is 18.0 Å². The monoisotopic (exact) mass is 637 g/mol. The first-order valence-corrected chi connectivity index (χ1v) is 15.8. The highest BCUT2D eigenvalue weighted by molar-refractivity contribution is 7.92. The van der Waals surface area contributed by atoms with Crippen LogP contribution in [0.15, 0.2) is 65.6 Å². The Balaban J connectivity index is 2.13. The summed E-state index contributed by atoms with van der Waals surface area (Å²) in [6.45, 7) is 7.05.